The third-order valence-corrected chi connectivity index (χ3v) is 3.66. The SMILES string of the molecule is Nc1cc([N+](=O)[O-])ccc1NC1Cc2ccccc2C1. The average Bonchev–Trinajstić information content (AvgIpc) is 2.83. The Morgan fingerprint density at radius 3 is 2.35 bits per heavy atom. The van der Waals surface area contributed by atoms with E-state index in [0.29, 0.717) is 5.69 Å². The number of benzene rings is 2. The van der Waals surface area contributed by atoms with Gasteiger partial charge in [0.15, 0.2) is 0 Å². The van der Waals surface area contributed by atoms with Crippen molar-refractivity contribution < 1.29 is 4.92 Å². The minimum atomic E-state index is -0.439. The Morgan fingerprint density at radius 2 is 1.80 bits per heavy atom. The summed E-state index contributed by atoms with van der Waals surface area (Å²) in [5.41, 5.74) is 9.77. The molecule has 3 rings (SSSR count). The summed E-state index contributed by atoms with van der Waals surface area (Å²) in [5, 5.41) is 14.1. The van der Waals surface area contributed by atoms with Gasteiger partial charge in [0.2, 0.25) is 0 Å². The molecule has 0 atom stereocenters. The summed E-state index contributed by atoms with van der Waals surface area (Å²) in [4.78, 5) is 10.2. The first-order valence-corrected chi connectivity index (χ1v) is 6.51. The van der Waals surface area contributed by atoms with Crippen LogP contribution >= 0.6 is 0 Å². The van der Waals surface area contributed by atoms with Gasteiger partial charge in [-0.25, -0.2) is 0 Å². The van der Waals surface area contributed by atoms with E-state index in [1.807, 2.05) is 12.1 Å². The first-order chi connectivity index (χ1) is 9.63. The van der Waals surface area contributed by atoms with Crippen molar-refractivity contribution >= 4 is 17.1 Å². The molecular weight excluding hydrogens is 254 g/mol. The van der Waals surface area contributed by atoms with Gasteiger partial charge < -0.3 is 11.1 Å². The quantitative estimate of drug-likeness (QED) is 0.510. The maximum atomic E-state index is 10.7. The van der Waals surface area contributed by atoms with Crippen LogP contribution in [0.3, 0.4) is 0 Å². The van der Waals surface area contributed by atoms with Gasteiger partial charge in [0.05, 0.1) is 16.3 Å². The van der Waals surface area contributed by atoms with Crippen molar-refractivity contribution in [1.29, 1.82) is 0 Å². The predicted octanol–water partition coefficient (Wildman–Crippen LogP) is 2.76. The highest BCUT2D eigenvalue weighted by Crippen LogP contribution is 2.28. The zero-order chi connectivity index (χ0) is 14.1. The number of nitrogens with two attached hydrogens (primary N) is 1. The number of fused-ring (bicyclic) bond motifs is 1. The Bertz CT molecular complexity index is 645. The topological polar surface area (TPSA) is 81.2 Å². The molecule has 2 aromatic rings. The fourth-order valence-electron chi connectivity index (χ4n) is 2.68. The van der Waals surface area contributed by atoms with Crippen molar-refractivity contribution in [2.75, 3.05) is 11.1 Å². The van der Waals surface area contributed by atoms with Crippen LogP contribution in [-0.4, -0.2) is 11.0 Å². The molecule has 20 heavy (non-hydrogen) atoms. The highest BCUT2D eigenvalue weighted by atomic mass is 16.6. The van der Waals surface area contributed by atoms with Crippen LogP contribution in [0, 0.1) is 10.1 Å². The van der Waals surface area contributed by atoms with Gasteiger partial charge in [-0.05, 0) is 30.0 Å². The van der Waals surface area contributed by atoms with E-state index in [9.17, 15) is 10.1 Å². The Labute approximate surface area is 116 Å². The number of hydrogen-bond donors (Lipinski definition) is 2. The van der Waals surface area contributed by atoms with Gasteiger partial charge in [0.25, 0.3) is 5.69 Å². The van der Waals surface area contributed by atoms with Gasteiger partial charge in [-0.3, -0.25) is 10.1 Å². The van der Waals surface area contributed by atoms with E-state index in [4.69, 9.17) is 5.73 Å². The molecule has 5 heteroatoms. The van der Waals surface area contributed by atoms with E-state index < -0.39 is 4.92 Å². The Kier molecular flexibility index (Phi) is 3.02. The molecule has 0 aromatic heterocycles. The minimum Gasteiger partial charge on any atom is -0.397 e. The molecule has 0 saturated heterocycles. The second-order valence-corrected chi connectivity index (χ2v) is 5.05. The summed E-state index contributed by atoms with van der Waals surface area (Å²) in [6.45, 7) is 0. The number of nitrogen functional groups attached to an aromatic ring is 1. The van der Waals surface area contributed by atoms with Crippen LogP contribution in [0.4, 0.5) is 17.1 Å². The molecule has 1 aliphatic rings. The molecular formula is C15H15N3O2. The van der Waals surface area contributed by atoms with Crippen molar-refractivity contribution in [3.05, 3.63) is 63.7 Å². The fraction of sp³-hybridized carbons (Fsp3) is 0.200. The molecule has 0 saturated carbocycles. The number of non-ortho nitro benzene ring substituents is 1. The van der Waals surface area contributed by atoms with Crippen molar-refractivity contribution in [3.8, 4) is 0 Å². The molecule has 5 nitrogen and oxygen atoms in total. The van der Waals surface area contributed by atoms with Crippen LogP contribution in [-0.2, 0) is 12.8 Å². The third kappa shape index (κ3) is 2.30. The lowest BCUT2D eigenvalue weighted by Crippen LogP contribution is -2.20. The largest absolute Gasteiger partial charge is 0.397 e. The molecule has 0 spiro atoms. The molecule has 0 aliphatic heterocycles. The first kappa shape index (κ1) is 12.5. The van der Waals surface area contributed by atoms with Gasteiger partial charge in [-0.15, -0.1) is 0 Å². The summed E-state index contributed by atoms with van der Waals surface area (Å²) in [6, 6.07) is 13.2. The number of hydrogen-bond acceptors (Lipinski definition) is 4. The van der Waals surface area contributed by atoms with E-state index in [2.05, 4.69) is 17.4 Å². The van der Waals surface area contributed by atoms with Gasteiger partial charge >= 0.3 is 0 Å². The summed E-state index contributed by atoms with van der Waals surface area (Å²) in [7, 11) is 0. The van der Waals surface area contributed by atoms with E-state index >= 15 is 0 Å². The fourth-order valence-corrected chi connectivity index (χ4v) is 2.68. The molecule has 2 aromatic carbocycles. The van der Waals surface area contributed by atoms with Crippen LogP contribution < -0.4 is 11.1 Å². The van der Waals surface area contributed by atoms with Crippen molar-refractivity contribution in [1.82, 2.24) is 0 Å². The third-order valence-electron chi connectivity index (χ3n) is 3.66. The van der Waals surface area contributed by atoms with Crippen LogP contribution in [0.2, 0.25) is 0 Å². The van der Waals surface area contributed by atoms with Crippen LogP contribution in [0.25, 0.3) is 0 Å². The van der Waals surface area contributed by atoms with Crippen molar-refractivity contribution in [3.63, 3.8) is 0 Å². The second-order valence-electron chi connectivity index (χ2n) is 5.05. The van der Waals surface area contributed by atoms with Crippen molar-refractivity contribution in [2.24, 2.45) is 0 Å². The Morgan fingerprint density at radius 1 is 1.15 bits per heavy atom. The van der Waals surface area contributed by atoms with E-state index in [1.54, 1.807) is 6.07 Å². The lowest BCUT2D eigenvalue weighted by atomic mass is 10.1. The number of nitrogens with one attached hydrogen (secondary N) is 1. The summed E-state index contributed by atoms with van der Waals surface area (Å²) >= 11 is 0. The Balaban J connectivity index is 1.75. The molecule has 102 valence electrons. The van der Waals surface area contributed by atoms with Crippen molar-refractivity contribution in [2.45, 2.75) is 18.9 Å². The minimum absolute atomic E-state index is 0.0164. The van der Waals surface area contributed by atoms with E-state index in [0.717, 1.165) is 18.5 Å². The highest BCUT2D eigenvalue weighted by Gasteiger charge is 2.21. The van der Waals surface area contributed by atoms with E-state index in [-0.39, 0.29) is 11.7 Å². The van der Waals surface area contributed by atoms with Crippen LogP contribution in [0.1, 0.15) is 11.1 Å². The number of anilines is 2. The van der Waals surface area contributed by atoms with Crippen LogP contribution in [0.5, 0.6) is 0 Å². The maximum absolute atomic E-state index is 10.7. The lowest BCUT2D eigenvalue weighted by Gasteiger charge is -2.15. The smallest absolute Gasteiger partial charge is 0.271 e. The second kappa shape index (κ2) is 4.85. The number of rotatable bonds is 3. The van der Waals surface area contributed by atoms with E-state index in [1.165, 1.54) is 23.3 Å². The zero-order valence-corrected chi connectivity index (χ0v) is 10.9. The maximum Gasteiger partial charge on any atom is 0.271 e. The number of nitrogens with zero attached hydrogens (tertiary/aromatic N) is 1. The Hall–Kier alpha value is -2.56. The number of nitro benzene ring substituents is 1. The molecule has 0 bridgehead atoms. The molecule has 1 aliphatic carbocycles. The van der Waals surface area contributed by atoms with Gasteiger partial charge in [-0.2, -0.15) is 0 Å². The highest BCUT2D eigenvalue weighted by molar-refractivity contribution is 5.70. The first-order valence-electron chi connectivity index (χ1n) is 6.51. The molecule has 0 fully saturated rings. The molecule has 0 radical (unpaired) electrons. The molecule has 3 N–H and O–H groups in total. The summed E-state index contributed by atoms with van der Waals surface area (Å²) in [5.74, 6) is 0. The van der Waals surface area contributed by atoms with Gasteiger partial charge in [0, 0.05) is 18.2 Å². The molecule has 0 amide bonds. The normalized spacial score (nSPS) is 14.0. The summed E-state index contributed by atoms with van der Waals surface area (Å²) in [6.07, 6.45) is 1.90. The molecule has 0 heterocycles. The average molecular weight is 269 g/mol. The van der Waals surface area contributed by atoms with Gasteiger partial charge in [0.1, 0.15) is 0 Å². The molecule has 0 unspecified atom stereocenters. The standard InChI is InChI=1S/C15H15N3O2/c16-14-9-13(18(19)20)5-6-15(14)17-12-7-10-3-1-2-4-11(10)8-12/h1-6,9,12,17H,7-8,16H2. The number of nitro groups is 1. The predicted molar refractivity (Wildman–Crippen MR) is 78.8 cm³/mol. The summed E-state index contributed by atoms with van der Waals surface area (Å²) < 4.78 is 0. The lowest BCUT2D eigenvalue weighted by molar-refractivity contribution is -0.384. The monoisotopic (exact) mass is 269 g/mol. The zero-order valence-electron chi connectivity index (χ0n) is 10.9. The van der Waals surface area contributed by atoms with Gasteiger partial charge in [-0.1, -0.05) is 24.3 Å². The van der Waals surface area contributed by atoms with Crippen LogP contribution in [0.15, 0.2) is 42.5 Å².